The second-order valence-corrected chi connectivity index (χ2v) is 6.30. The number of hydrogen-bond donors (Lipinski definition) is 2. The van der Waals surface area contributed by atoms with Crippen molar-refractivity contribution < 1.29 is 13.5 Å². The third-order valence-electron chi connectivity index (χ3n) is 3.42. The molecule has 0 fully saturated rings. The van der Waals surface area contributed by atoms with Gasteiger partial charge in [0, 0.05) is 6.54 Å². The van der Waals surface area contributed by atoms with Crippen LogP contribution in [0.5, 0.6) is 5.75 Å². The smallest absolute Gasteiger partial charge is 0.170 e. The molecule has 2 aromatic rings. The first-order valence-electron chi connectivity index (χ1n) is 8.20. The molecule has 3 nitrogen and oxygen atoms in total. The fraction of sp³-hybridized carbons (Fsp3) is 0.316. The number of halogens is 2. The molecule has 2 aromatic carbocycles. The SMILES string of the molecule is CC(C)Oc1ccc(CCCNC(=S)Nc2c(F)cccc2F)cc1. The highest BCUT2D eigenvalue weighted by molar-refractivity contribution is 7.80. The Morgan fingerprint density at radius 2 is 1.72 bits per heavy atom. The lowest BCUT2D eigenvalue weighted by molar-refractivity contribution is 0.242. The summed E-state index contributed by atoms with van der Waals surface area (Å²) in [4.78, 5) is 0. The van der Waals surface area contributed by atoms with E-state index in [0.717, 1.165) is 18.6 Å². The molecule has 0 amide bonds. The number of hydrogen-bond acceptors (Lipinski definition) is 2. The van der Waals surface area contributed by atoms with Crippen LogP contribution in [0.25, 0.3) is 0 Å². The van der Waals surface area contributed by atoms with Gasteiger partial charge in [0.2, 0.25) is 0 Å². The predicted molar refractivity (Wildman–Crippen MR) is 101 cm³/mol. The minimum Gasteiger partial charge on any atom is -0.491 e. The normalized spacial score (nSPS) is 10.6. The van der Waals surface area contributed by atoms with Crippen LogP contribution >= 0.6 is 12.2 Å². The van der Waals surface area contributed by atoms with E-state index >= 15 is 0 Å². The summed E-state index contributed by atoms with van der Waals surface area (Å²) in [6.45, 7) is 4.58. The largest absolute Gasteiger partial charge is 0.491 e. The molecular weight excluding hydrogens is 342 g/mol. The van der Waals surface area contributed by atoms with Gasteiger partial charge in [-0.3, -0.25) is 0 Å². The number of benzene rings is 2. The summed E-state index contributed by atoms with van der Waals surface area (Å²) in [7, 11) is 0. The Morgan fingerprint density at radius 1 is 1.08 bits per heavy atom. The van der Waals surface area contributed by atoms with E-state index in [9.17, 15) is 8.78 Å². The van der Waals surface area contributed by atoms with Crippen molar-refractivity contribution >= 4 is 23.0 Å². The van der Waals surface area contributed by atoms with Gasteiger partial charge in [0.25, 0.3) is 0 Å². The van der Waals surface area contributed by atoms with Crippen molar-refractivity contribution in [3.8, 4) is 5.75 Å². The van der Waals surface area contributed by atoms with Gasteiger partial charge in [0.15, 0.2) is 5.11 Å². The van der Waals surface area contributed by atoms with Gasteiger partial charge in [-0.1, -0.05) is 18.2 Å². The zero-order chi connectivity index (χ0) is 18.2. The molecule has 2 N–H and O–H groups in total. The summed E-state index contributed by atoms with van der Waals surface area (Å²) < 4.78 is 32.7. The van der Waals surface area contributed by atoms with Gasteiger partial charge < -0.3 is 15.4 Å². The van der Waals surface area contributed by atoms with Crippen LogP contribution in [0.1, 0.15) is 25.8 Å². The van der Waals surface area contributed by atoms with Crippen molar-refractivity contribution in [3.05, 3.63) is 59.7 Å². The standard InChI is InChI=1S/C19H22F2N2OS/c1-13(2)24-15-10-8-14(9-11-15)5-4-12-22-19(25)23-18-16(20)6-3-7-17(18)21/h3,6-11,13H,4-5,12H2,1-2H3,(H2,22,23,25). The lowest BCUT2D eigenvalue weighted by atomic mass is 10.1. The summed E-state index contributed by atoms with van der Waals surface area (Å²) in [6.07, 6.45) is 1.86. The minimum absolute atomic E-state index is 0.155. The fourth-order valence-electron chi connectivity index (χ4n) is 2.28. The monoisotopic (exact) mass is 364 g/mol. The zero-order valence-corrected chi connectivity index (χ0v) is 15.1. The molecule has 0 atom stereocenters. The zero-order valence-electron chi connectivity index (χ0n) is 14.3. The first-order valence-corrected chi connectivity index (χ1v) is 8.61. The Labute approximate surface area is 152 Å². The number of para-hydroxylation sites is 1. The molecule has 0 saturated heterocycles. The fourth-order valence-corrected chi connectivity index (χ4v) is 2.48. The molecule has 0 aromatic heterocycles. The Hall–Kier alpha value is -2.21. The van der Waals surface area contributed by atoms with Crippen LogP contribution in [0, 0.1) is 11.6 Å². The third-order valence-corrected chi connectivity index (χ3v) is 3.67. The lowest BCUT2D eigenvalue weighted by Gasteiger charge is -2.12. The second kappa shape index (κ2) is 9.32. The van der Waals surface area contributed by atoms with Crippen LogP contribution in [-0.2, 0) is 6.42 Å². The Morgan fingerprint density at radius 3 is 2.32 bits per heavy atom. The van der Waals surface area contributed by atoms with Crippen LogP contribution < -0.4 is 15.4 Å². The number of nitrogens with one attached hydrogen (secondary N) is 2. The average molecular weight is 364 g/mol. The highest BCUT2D eigenvalue weighted by atomic mass is 32.1. The highest BCUT2D eigenvalue weighted by Crippen LogP contribution is 2.18. The van der Waals surface area contributed by atoms with Crippen LogP contribution in [0.2, 0.25) is 0 Å². The summed E-state index contributed by atoms with van der Waals surface area (Å²) in [5.74, 6) is -0.491. The van der Waals surface area contributed by atoms with Crippen molar-refractivity contribution in [1.29, 1.82) is 0 Å². The summed E-state index contributed by atoms with van der Waals surface area (Å²) in [6, 6.07) is 11.6. The van der Waals surface area contributed by atoms with Crippen LogP contribution in [0.3, 0.4) is 0 Å². The van der Waals surface area contributed by atoms with Gasteiger partial charge in [-0.25, -0.2) is 8.78 Å². The van der Waals surface area contributed by atoms with E-state index in [1.807, 2.05) is 38.1 Å². The summed E-state index contributed by atoms with van der Waals surface area (Å²) in [5.41, 5.74) is 0.956. The van der Waals surface area contributed by atoms with Gasteiger partial charge in [-0.2, -0.15) is 0 Å². The summed E-state index contributed by atoms with van der Waals surface area (Å²) in [5, 5.41) is 5.71. The van der Waals surface area contributed by atoms with E-state index in [1.54, 1.807) is 0 Å². The lowest BCUT2D eigenvalue weighted by Crippen LogP contribution is -2.30. The number of anilines is 1. The molecule has 6 heteroatoms. The van der Waals surface area contributed by atoms with Gasteiger partial charge in [0.1, 0.15) is 23.1 Å². The number of ether oxygens (including phenoxy) is 1. The molecule has 0 unspecified atom stereocenters. The van der Waals surface area contributed by atoms with Crippen LogP contribution in [0.4, 0.5) is 14.5 Å². The molecule has 134 valence electrons. The van der Waals surface area contributed by atoms with E-state index in [4.69, 9.17) is 17.0 Å². The van der Waals surface area contributed by atoms with Gasteiger partial charge in [0.05, 0.1) is 6.10 Å². The van der Waals surface area contributed by atoms with Gasteiger partial charge in [-0.05, 0) is 68.7 Å². The molecule has 0 aliphatic rings. The topological polar surface area (TPSA) is 33.3 Å². The van der Waals surface area contributed by atoms with E-state index in [2.05, 4.69) is 10.6 Å². The first-order chi connectivity index (χ1) is 12.0. The van der Waals surface area contributed by atoms with Gasteiger partial charge in [-0.15, -0.1) is 0 Å². The molecule has 0 saturated carbocycles. The Bertz CT molecular complexity index is 685. The van der Waals surface area contributed by atoms with E-state index in [1.165, 1.54) is 23.8 Å². The molecule has 0 spiro atoms. The van der Waals surface area contributed by atoms with E-state index in [0.29, 0.717) is 6.54 Å². The molecule has 2 rings (SSSR count). The Balaban J connectivity index is 1.73. The minimum atomic E-state index is -0.673. The molecule has 0 heterocycles. The van der Waals surface area contributed by atoms with Crippen molar-refractivity contribution in [2.24, 2.45) is 0 Å². The molecule has 25 heavy (non-hydrogen) atoms. The molecular formula is C19H22F2N2OS. The van der Waals surface area contributed by atoms with Gasteiger partial charge >= 0.3 is 0 Å². The van der Waals surface area contributed by atoms with Crippen molar-refractivity contribution in [3.63, 3.8) is 0 Å². The summed E-state index contributed by atoms with van der Waals surface area (Å²) >= 11 is 5.07. The maximum absolute atomic E-state index is 13.5. The van der Waals surface area contributed by atoms with E-state index in [-0.39, 0.29) is 16.9 Å². The first kappa shape index (κ1) is 19.1. The van der Waals surface area contributed by atoms with Crippen LogP contribution in [-0.4, -0.2) is 17.8 Å². The second-order valence-electron chi connectivity index (χ2n) is 5.89. The van der Waals surface area contributed by atoms with Crippen molar-refractivity contribution in [2.75, 3.05) is 11.9 Å². The quantitative estimate of drug-likeness (QED) is 0.552. The number of aryl methyl sites for hydroxylation is 1. The third kappa shape index (κ3) is 6.31. The molecule has 0 radical (unpaired) electrons. The average Bonchev–Trinajstić information content (AvgIpc) is 2.56. The molecule has 0 aliphatic heterocycles. The van der Waals surface area contributed by atoms with Crippen molar-refractivity contribution in [2.45, 2.75) is 32.8 Å². The van der Waals surface area contributed by atoms with Crippen molar-refractivity contribution in [1.82, 2.24) is 5.32 Å². The maximum Gasteiger partial charge on any atom is 0.170 e. The molecule has 0 bridgehead atoms. The van der Waals surface area contributed by atoms with E-state index < -0.39 is 11.6 Å². The number of rotatable bonds is 7. The molecule has 0 aliphatic carbocycles. The Kier molecular flexibility index (Phi) is 7.13. The highest BCUT2D eigenvalue weighted by Gasteiger charge is 2.09. The van der Waals surface area contributed by atoms with Crippen LogP contribution in [0.15, 0.2) is 42.5 Å². The number of thiocarbonyl (C=S) groups is 1. The predicted octanol–water partition coefficient (Wildman–Crippen LogP) is 4.67. The maximum atomic E-state index is 13.5.